The van der Waals surface area contributed by atoms with Gasteiger partial charge < -0.3 is 11.1 Å². The maximum Gasteiger partial charge on any atom is 0.227 e. The maximum absolute atomic E-state index is 12.2. The van der Waals surface area contributed by atoms with Crippen molar-refractivity contribution in [1.82, 2.24) is 0 Å². The van der Waals surface area contributed by atoms with Gasteiger partial charge in [0.1, 0.15) is 0 Å². The van der Waals surface area contributed by atoms with Crippen molar-refractivity contribution < 1.29 is 4.79 Å². The second-order valence-electron chi connectivity index (χ2n) is 4.78. The van der Waals surface area contributed by atoms with E-state index >= 15 is 0 Å². The average molecular weight is 248 g/mol. The van der Waals surface area contributed by atoms with Crippen LogP contribution in [-0.2, 0) is 4.79 Å². The van der Waals surface area contributed by atoms with Gasteiger partial charge in [-0.05, 0) is 37.5 Å². The standard InChI is InChI=1S/C15H24N2O/c1-4-7-12(8-5-2)15(18)17-14-10-6-9-13(16)11(14)3/h6,9-10,12H,4-5,7-8,16H2,1-3H3,(H,17,18). The van der Waals surface area contributed by atoms with Crippen molar-refractivity contribution in [3.05, 3.63) is 23.8 Å². The Morgan fingerprint density at radius 1 is 1.28 bits per heavy atom. The Balaban J connectivity index is 2.75. The fourth-order valence-electron chi connectivity index (χ4n) is 2.13. The van der Waals surface area contributed by atoms with E-state index in [1.54, 1.807) is 0 Å². The van der Waals surface area contributed by atoms with Gasteiger partial charge in [0.05, 0.1) is 0 Å². The van der Waals surface area contributed by atoms with Gasteiger partial charge in [-0.1, -0.05) is 32.8 Å². The van der Waals surface area contributed by atoms with Crippen LogP contribution in [0.2, 0.25) is 0 Å². The Labute approximate surface area is 110 Å². The van der Waals surface area contributed by atoms with Gasteiger partial charge in [0.25, 0.3) is 0 Å². The molecule has 0 saturated carbocycles. The number of nitrogens with two attached hydrogens (primary N) is 1. The Hall–Kier alpha value is -1.51. The minimum atomic E-state index is 0.112. The molecule has 100 valence electrons. The molecule has 1 aromatic rings. The van der Waals surface area contributed by atoms with Crippen LogP contribution < -0.4 is 11.1 Å². The lowest BCUT2D eigenvalue weighted by atomic mass is 9.97. The first-order valence-corrected chi connectivity index (χ1v) is 6.76. The summed E-state index contributed by atoms with van der Waals surface area (Å²) in [4.78, 5) is 12.2. The highest BCUT2D eigenvalue weighted by Crippen LogP contribution is 2.22. The van der Waals surface area contributed by atoms with Crippen molar-refractivity contribution in [2.75, 3.05) is 11.1 Å². The van der Waals surface area contributed by atoms with Crippen LogP contribution in [0, 0.1) is 12.8 Å². The number of benzene rings is 1. The molecular weight excluding hydrogens is 224 g/mol. The summed E-state index contributed by atoms with van der Waals surface area (Å²) < 4.78 is 0. The summed E-state index contributed by atoms with van der Waals surface area (Å²) in [6, 6.07) is 5.62. The molecule has 3 nitrogen and oxygen atoms in total. The van der Waals surface area contributed by atoms with E-state index in [-0.39, 0.29) is 11.8 Å². The molecule has 1 amide bonds. The molecule has 1 rings (SSSR count). The quantitative estimate of drug-likeness (QED) is 0.754. The lowest BCUT2D eigenvalue weighted by Gasteiger charge is -2.17. The summed E-state index contributed by atoms with van der Waals surface area (Å²) in [5, 5.41) is 3.00. The summed E-state index contributed by atoms with van der Waals surface area (Å²) in [7, 11) is 0. The highest BCUT2D eigenvalue weighted by atomic mass is 16.1. The molecule has 0 aliphatic carbocycles. The van der Waals surface area contributed by atoms with Crippen molar-refractivity contribution in [2.24, 2.45) is 5.92 Å². The van der Waals surface area contributed by atoms with Gasteiger partial charge in [0.15, 0.2) is 0 Å². The Kier molecular flexibility index (Phi) is 5.69. The first-order chi connectivity index (χ1) is 8.60. The van der Waals surface area contributed by atoms with Crippen LogP contribution in [0.25, 0.3) is 0 Å². The molecule has 0 aliphatic rings. The molecule has 0 fully saturated rings. The van der Waals surface area contributed by atoms with Crippen LogP contribution in [-0.4, -0.2) is 5.91 Å². The van der Waals surface area contributed by atoms with E-state index < -0.39 is 0 Å². The minimum absolute atomic E-state index is 0.112. The number of anilines is 2. The fraction of sp³-hybridized carbons (Fsp3) is 0.533. The van der Waals surface area contributed by atoms with Crippen LogP contribution in [0.1, 0.15) is 45.1 Å². The first kappa shape index (κ1) is 14.6. The van der Waals surface area contributed by atoms with E-state index in [0.717, 1.165) is 42.6 Å². The lowest BCUT2D eigenvalue weighted by Crippen LogP contribution is -2.23. The van der Waals surface area contributed by atoms with Crippen LogP contribution in [0.3, 0.4) is 0 Å². The van der Waals surface area contributed by atoms with Crippen molar-refractivity contribution in [3.63, 3.8) is 0 Å². The molecule has 0 spiro atoms. The maximum atomic E-state index is 12.2. The number of nitrogens with one attached hydrogen (secondary N) is 1. The molecule has 0 radical (unpaired) electrons. The zero-order valence-corrected chi connectivity index (χ0v) is 11.6. The summed E-state index contributed by atoms with van der Waals surface area (Å²) >= 11 is 0. The summed E-state index contributed by atoms with van der Waals surface area (Å²) in [5.41, 5.74) is 8.33. The van der Waals surface area contributed by atoms with Crippen LogP contribution in [0.15, 0.2) is 18.2 Å². The Morgan fingerprint density at radius 3 is 2.44 bits per heavy atom. The van der Waals surface area contributed by atoms with Crippen molar-refractivity contribution in [1.29, 1.82) is 0 Å². The lowest BCUT2D eigenvalue weighted by molar-refractivity contribution is -0.120. The van der Waals surface area contributed by atoms with E-state index in [0.29, 0.717) is 0 Å². The van der Waals surface area contributed by atoms with Crippen molar-refractivity contribution in [3.8, 4) is 0 Å². The van der Waals surface area contributed by atoms with Gasteiger partial charge in [0.2, 0.25) is 5.91 Å². The molecule has 0 atom stereocenters. The summed E-state index contributed by atoms with van der Waals surface area (Å²) in [5.74, 6) is 0.230. The van der Waals surface area contributed by atoms with Crippen LogP contribution in [0.4, 0.5) is 11.4 Å². The summed E-state index contributed by atoms with van der Waals surface area (Å²) in [6.07, 6.45) is 3.96. The SMILES string of the molecule is CCCC(CCC)C(=O)Nc1cccc(N)c1C. The molecule has 3 heteroatoms. The van der Waals surface area contributed by atoms with Gasteiger partial charge in [-0.3, -0.25) is 4.79 Å². The molecule has 0 unspecified atom stereocenters. The molecule has 18 heavy (non-hydrogen) atoms. The van der Waals surface area contributed by atoms with Gasteiger partial charge >= 0.3 is 0 Å². The number of carbonyl (C=O) groups is 1. The van der Waals surface area contributed by atoms with Gasteiger partial charge in [-0.25, -0.2) is 0 Å². The second kappa shape index (κ2) is 7.04. The third kappa shape index (κ3) is 3.76. The number of hydrogen-bond acceptors (Lipinski definition) is 2. The van der Waals surface area contributed by atoms with Gasteiger partial charge in [-0.15, -0.1) is 0 Å². The molecular formula is C15H24N2O. The van der Waals surface area contributed by atoms with Crippen LogP contribution >= 0.6 is 0 Å². The zero-order valence-electron chi connectivity index (χ0n) is 11.6. The fourth-order valence-corrected chi connectivity index (χ4v) is 2.13. The average Bonchev–Trinajstić information content (AvgIpc) is 2.34. The molecule has 3 N–H and O–H groups in total. The van der Waals surface area contributed by atoms with E-state index in [1.165, 1.54) is 0 Å². The molecule has 0 saturated heterocycles. The van der Waals surface area contributed by atoms with Crippen LogP contribution in [0.5, 0.6) is 0 Å². The van der Waals surface area contributed by atoms with E-state index in [1.807, 2.05) is 25.1 Å². The molecule has 0 aliphatic heterocycles. The van der Waals surface area contributed by atoms with E-state index in [9.17, 15) is 4.79 Å². The van der Waals surface area contributed by atoms with Crippen molar-refractivity contribution in [2.45, 2.75) is 46.5 Å². The third-order valence-electron chi connectivity index (χ3n) is 3.28. The van der Waals surface area contributed by atoms with Crippen molar-refractivity contribution >= 4 is 17.3 Å². The predicted molar refractivity (Wildman–Crippen MR) is 77.5 cm³/mol. The van der Waals surface area contributed by atoms with Gasteiger partial charge in [-0.2, -0.15) is 0 Å². The number of nitrogen functional groups attached to an aromatic ring is 1. The number of hydrogen-bond donors (Lipinski definition) is 2. The Morgan fingerprint density at radius 2 is 1.89 bits per heavy atom. The second-order valence-corrected chi connectivity index (χ2v) is 4.78. The smallest absolute Gasteiger partial charge is 0.227 e. The highest BCUT2D eigenvalue weighted by molar-refractivity contribution is 5.93. The Bertz CT molecular complexity index is 395. The largest absolute Gasteiger partial charge is 0.398 e. The zero-order chi connectivity index (χ0) is 13.5. The van der Waals surface area contributed by atoms with Gasteiger partial charge in [0, 0.05) is 17.3 Å². The molecule has 0 aromatic heterocycles. The molecule has 0 bridgehead atoms. The minimum Gasteiger partial charge on any atom is -0.398 e. The predicted octanol–water partition coefficient (Wildman–Crippen LogP) is 3.73. The number of amides is 1. The first-order valence-electron chi connectivity index (χ1n) is 6.76. The van der Waals surface area contributed by atoms with E-state index in [4.69, 9.17) is 5.73 Å². The molecule has 0 heterocycles. The van der Waals surface area contributed by atoms with E-state index in [2.05, 4.69) is 19.2 Å². The number of rotatable bonds is 6. The normalized spacial score (nSPS) is 10.7. The monoisotopic (exact) mass is 248 g/mol. The molecule has 1 aromatic carbocycles. The third-order valence-corrected chi connectivity index (χ3v) is 3.28. The summed E-state index contributed by atoms with van der Waals surface area (Å²) in [6.45, 7) is 6.16. The number of carbonyl (C=O) groups excluding carboxylic acids is 1. The topological polar surface area (TPSA) is 55.1 Å². The highest BCUT2D eigenvalue weighted by Gasteiger charge is 2.17.